The van der Waals surface area contributed by atoms with Crippen molar-refractivity contribution in [2.45, 2.75) is 19.8 Å². The van der Waals surface area contributed by atoms with Gasteiger partial charge in [-0.15, -0.1) is 24.0 Å². The highest BCUT2D eigenvalue weighted by molar-refractivity contribution is 14.0. The highest BCUT2D eigenvalue weighted by atomic mass is 127. The maximum atomic E-state index is 5.79. The van der Waals surface area contributed by atoms with Crippen LogP contribution in [0.5, 0.6) is 5.75 Å². The van der Waals surface area contributed by atoms with Crippen LogP contribution in [0.1, 0.15) is 18.4 Å². The van der Waals surface area contributed by atoms with Crippen LogP contribution in [0.25, 0.3) is 0 Å². The molecule has 0 atom stereocenters. The van der Waals surface area contributed by atoms with Crippen LogP contribution in [0.3, 0.4) is 0 Å². The quantitative estimate of drug-likeness (QED) is 0.209. The Morgan fingerprint density at radius 2 is 1.81 bits per heavy atom. The zero-order valence-corrected chi connectivity index (χ0v) is 18.9. The van der Waals surface area contributed by atoms with Gasteiger partial charge in [-0.05, 0) is 38.4 Å². The second-order valence-corrected chi connectivity index (χ2v) is 6.04. The van der Waals surface area contributed by atoms with E-state index in [1.807, 2.05) is 18.2 Å². The van der Waals surface area contributed by atoms with E-state index in [9.17, 15) is 0 Å². The average molecular weight is 478 g/mol. The van der Waals surface area contributed by atoms with Crippen LogP contribution in [-0.2, 0) is 4.74 Å². The van der Waals surface area contributed by atoms with E-state index in [1.165, 1.54) is 5.56 Å². The Labute approximate surface area is 175 Å². The summed E-state index contributed by atoms with van der Waals surface area (Å²) in [5.41, 5.74) is 1.17. The minimum atomic E-state index is 0. The second kappa shape index (κ2) is 16.1. The van der Waals surface area contributed by atoms with Crippen molar-refractivity contribution in [3.05, 3.63) is 29.8 Å². The van der Waals surface area contributed by atoms with E-state index in [4.69, 9.17) is 9.47 Å². The standard InChI is InChI=1S/C19H34N4O2.HI/c1-17-9-5-6-10-18(17)25-16-7-11-21-19(20-2)22-12-14-23(3)13-8-15-24-4;/h5-6,9-10H,7-8,11-16H2,1-4H3,(H2,20,21,22);1H. The number of benzene rings is 1. The van der Waals surface area contributed by atoms with Crippen LogP contribution >= 0.6 is 24.0 Å². The van der Waals surface area contributed by atoms with Crippen molar-refractivity contribution < 1.29 is 9.47 Å². The van der Waals surface area contributed by atoms with Gasteiger partial charge in [0.1, 0.15) is 5.75 Å². The molecule has 0 spiro atoms. The summed E-state index contributed by atoms with van der Waals surface area (Å²) in [4.78, 5) is 6.53. The van der Waals surface area contributed by atoms with Gasteiger partial charge in [0.25, 0.3) is 0 Å². The molecular weight excluding hydrogens is 443 g/mol. The summed E-state index contributed by atoms with van der Waals surface area (Å²) >= 11 is 0. The Morgan fingerprint density at radius 3 is 2.50 bits per heavy atom. The van der Waals surface area contributed by atoms with Crippen molar-refractivity contribution in [1.82, 2.24) is 15.5 Å². The summed E-state index contributed by atoms with van der Waals surface area (Å²) in [5, 5.41) is 6.65. The Kier molecular flexibility index (Phi) is 15.5. The van der Waals surface area contributed by atoms with Gasteiger partial charge in [-0.3, -0.25) is 4.99 Å². The fraction of sp³-hybridized carbons (Fsp3) is 0.632. The van der Waals surface area contributed by atoms with Gasteiger partial charge in [0, 0.05) is 46.9 Å². The Bertz CT molecular complexity index is 500. The van der Waals surface area contributed by atoms with Crippen LogP contribution in [-0.4, -0.2) is 71.5 Å². The molecule has 26 heavy (non-hydrogen) atoms. The van der Waals surface area contributed by atoms with Gasteiger partial charge in [-0.2, -0.15) is 0 Å². The lowest BCUT2D eigenvalue weighted by Gasteiger charge is -2.18. The molecule has 0 heterocycles. The number of likely N-dealkylation sites (N-methyl/N-ethyl adjacent to an activating group) is 1. The zero-order chi connectivity index (χ0) is 18.3. The summed E-state index contributed by atoms with van der Waals surface area (Å²) in [6, 6.07) is 8.09. The van der Waals surface area contributed by atoms with E-state index < -0.39 is 0 Å². The van der Waals surface area contributed by atoms with Gasteiger partial charge >= 0.3 is 0 Å². The first-order valence-corrected chi connectivity index (χ1v) is 8.97. The summed E-state index contributed by atoms with van der Waals surface area (Å²) in [6.07, 6.45) is 1.98. The largest absolute Gasteiger partial charge is 0.493 e. The molecule has 7 heteroatoms. The Morgan fingerprint density at radius 1 is 1.08 bits per heavy atom. The first-order valence-electron chi connectivity index (χ1n) is 8.97. The topological polar surface area (TPSA) is 58.1 Å². The fourth-order valence-electron chi connectivity index (χ4n) is 2.36. The number of para-hydroxylation sites is 1. The number of aliphatic imine (C=N–C) groups is 1. The first-order chi connectivity index (χ1) is 12.2. The molecule has 1 aromatic carbocycles. The molecule has 6 nitrogen and oxygen atoms in total. The minimum absolute atomic E-state index is 0. The van der Waals surface area contributed by atoms with Crippen LogP contribution in [0.4, 0.5) is 0 Å². The molecule has 0 fully saturated rings. The van der Waals surface area contributed by atoms with Crippen LogP contribution in [0.2, 0.25) is 0 Å². The normalized spacial score (nSPS) is 11.2. The molecule has 150 valence electrons. The summed E-state index contributed by atoms with van der Waals surface area (Å²) in [5.74, 6) is 1.79. The Balaban J connectivity index is 0.00000625. The van der Waals surface area contributed by atoms with Crippen molar-refractivity contribution in [2.24, 2.45) is 4.99 Å². The van der Waals surface area contributed by atoms with E-state index in [1.54, 1.807) is 14.2 Å². The van der Waals surface area contributed by atoms with Crippen molar-refractivity contribution in [1.29, 1.82) is 0 Å². The zero-order valence-electron chi connectivity index (χ0n) is 16.6. The first kappa shape index (κ1) is 24.9. The molecule has 1 aromatic rings. The van der Waals surface area contributed by atoms with Gasteiger partial charge in [0.05, 0.1) is 6.61 Å². The number of nitrogens with zero attached hydrogens (tertiary/aromatic N) is 2. The lowest BCUT2D eigenvalue weighted by atomic mass is 10.2. The SMILES string of the molecule is CN=C(NCCCOc1ccccc1C)NCCN(C)CCCOC.I. The molecule has 0 unspecified atom stereocenters. The number of halogens is 1. The number of hydrogen-bond donors (Lipinski definition) is 2. The summed E-state index contributed by atoms with van der Waals surface area (Å²) in [7, 11) is 5.65. The monoisotopic (exact) mass is 478 g/mol. The molecule has 0 aromatic heterocycles. The van der Waals surface area contributed by atoms with E-state index in [0.717, 1.165) is 57.3 Å². The van der Waals surface area contributed by atoms with Gasteiger partial charge < -0.3 is 25.0 Å². The smallest absolute Gasteiger partial charge is 0.191 e. The van der Waals surface area contributed by atoms with Crippen LogP contribution in [0.15, 0.2) is 29.3 Å². The maximum absolute atomic E-state index is 5.79. The van der Waals surface area contributed by atoms with Gasteiger partial charge in [0.15, 0.2) is 5.96 Å². The second-order valence-electron chi connectivity index (χ2n) is 6.04. The predicted octanol–water partition coefficient (Wildman–Crippen LogP) is 2.52. The molecule has 1 rings (SSSR count). The number of guanidine groups is 1. The summed E-state index contributed by atoms with van der Waals surface area (Å²) in [6.45, 7) is 7.27. The third-order valence-corrected chi connectivity index (χ3v) is 3.86. The van der Waals surface area contributed by atoms with E-state index >= 15 is 0 Å². The van der Waals surface area contributed by atoms with Crippen molar-refractivity contribution in [3.8, 4) is 5.75 Å². The van der Waals surface area contributed by atoms with Crippen molar-refractivity contribution in [2.75, 3.05) is 60.6 Å². The molecule has 0 amide bonds. The molecule has 0 saturated carbocycles. The predicted molar refractivity (Wildman–Crippen MR) is 120 cm³/mol. The van der Waals surface area contributed by atoms with E-state index in [-0.39, 0.29) is 24.0 Å². The van der Waals surface area contributed by atoms with Crippen molar-refractivity contribution >= 4 is 29.9 Å². The number of ether oxygens (including phenoxy) is 2. The molecule has 0 aliphatic heterocycles. The third-order valence-electron chi connectivity index (χ3n) is 3.86. The molecule has 0 radical (unpaired) electrons. The molecular formula is C19H35IN4O2. The molecule has 0 saturated heterocycles. The number of aryl methyl sites for hydroxylation is 1. The minimum Gasteiger partial charge on any atom is -0.493 e. The van der Waals surface area contributed by atoms with Gasteiger partial charge in [-0.25, -0.2) is 0 Å². The highest BCUT2D eigenvalue weighted by Crippen LogP contribution is 2.15. The van der Waals surface area contributed by atoms with Crippen molar-refractivity contribution in [3.63, 3.8) is 0 Å². The van der Waals surface area contributed by atoms with Crippen LogP contribution < -0.4 is 15.4 Å². The molecule has 0 aliphatic carbocycles. The fourth-order valence-corrected chi connectivity index (χ4v) is 2.36. The van der Waals surface area contributed by atoms with Gasteiger partial charge in [0.2, 0.25) is 0 Å². The Hall–Kier alpha value is -1.06. The van der Waals surface area contributed by atoms with Gasteiger partial charge in [-0.1, -0.05) is 18.2 Å². The average Bonchev–Trinajstić information content (AvgIpc) is 2.61. The lowest BCUT2D eigenvalue weighted by Crippen LogP contribution is -2.41. The summed E-state index contributed by atoms with van der Waals surface area (Å²) < 4.78 is 10.9. The van der Waals surface area contributed by atoms with Crippen LogP contribution in [0, 0.1) is 6.92 Å². The van der Waals surface area contributed by atoms with E-state index in [2.05, 4.69) is 40.6 Å². The lowest BCUT2D eigenvalue weighted by molar-refractivity contribution is 0.180. The van der Waals surface area contributed by atoms with E-state index in [0.29, 0.717) is 6.61 Å². The number of rotatable bonds is 12. The number of hydrogen-bond acceptors (Lipinski definition) is 4. The molecule has 0 bridgehead atoms. The third kappa shape index (κ3) is 11.5. The number of methoxy groups -OCH3 is 1. The number of nitrogens with one attached hydrogen (secondary N) is 2. The highest BCUT2D eigenvalue weighted by Gasteiger charge is 2.01. The molecule has 2 N–H and O–H groups in total. The maximum Gasteiger partial charge on any atom is 0.191 e. The molecule has 0 aliphatic rings.